The molecule has 2 aromatic carbocycles. The zero-order valence-corrected chi connectivity index (χ0v) is 18.7. The van der Waals surface area contributed by atoms with Gasteiger partial charge in [0, 0.05) is 32.7 Å². The van der Waals surface area contributed by atoms with E-state index in [4.69, 9.17) is 9.72 Å². The number of nitrogens with zero attached hydrogens (tertiary/aromatic N) is 4. The first-order valence-electron chi connectivity index (χ1n) is 11.6. The van der Waals surface area contributed by atoms with Gasteiger partial charge in [-0.25, -0.2) is 4.98 Å². The number of hydrogen-bond acceptors (Lipinski definition) is 5. The average Bonchev–Trinajstić information content (AvgIpc) is 3.34. The van der Waals surface area contributed by atoms with Crippen molar-refractivity contribution < 1.29 is 14.3 Å². The summed E-state index contributed by atoms with van der Waals surface area (Å²) in [7, 11) is 0. The van der Waals surface area contributed by atoms with E-state index >= 15 is 0 Å². The van der Waals surface area contributed by atoms with Gasteiger partial charge in [-0.15, -0.1) is 0 Å². The van der Waals surface area contributed by atoms with E-state index in [1.54, 1.807) is 4.90 Å². The van der Waals surface area contributed by atoms with Crippen LogP contribution >= 0.6 is 0 Å². The van der Waals surface area contributed by atoms with Gasteiger partial charge in [0.05, 0.1) is 30.7 Å². The molecule has 2 aliphatic rings. The minimum absolute atomic E-state index is 0.0604. The molecule has 8 heteroatoms. The molecule has 3 heterocycles. The highest BCUT2D eigenvalue weighted by atomic mass is 16.5. The molecule has 5 rings (SSSR count). The zero-order chi connectivity index (χ0) is 22.6. The van der Waals surface area contributed by atoms with Gasteiger partial charge in [0.2, 0.25) is 11.9 Å². The number of fused-ring (bicyclic) bond motifs is 3. The lowest BCUT2D eigenvalue weighted by molar-refractivity contribution is -0.127. The lowest BCUT2D eigenvalue weighted by Crippen LogP contribution is -2.43. The molecule has 0 saturated carbocycles. The maximum absolute atomic E-state index is 13.4. The van der Waals surface area contributed by atoms with Gasteiger partial charge in [-0.1, -0.05) is 42.5 Å². The molecule has 1 fully saturated rings. The summed E-state index contributed by atoms with van der Waals surface area (Å²) < 4.78 is 7.37. The Balaban J connectivity index is 1.29. The third-order valence-corrected chi connectivity index (χ3v) is 6.38. The maximum Gasteiger partial charge on any atom is 0.253 e. The Bertz CT molecular complexity index is 1120. The number of carbonyl (C=O) groups excluding carboxylic acids is 2. The first-order valence-corrected chi connectivity index (χ1v) is 11.6. The van der Waals surface area contributed by atoms with Crippen molar-refractivity contribution in [3.63, 3.8) is 0 Å². The molecule has 0 radical (unpaired) electrons. The second kappa shape index (κ2) is 9.72. The van der Waals surface area contributed by atoms with Gasteiger partial charge in [0.15, 0.2) is 0 Å². The number of nitrogens with one attached hydrogen (secondary N) is 1. The van der Waals surface area contributed by atoms with Gasteiger partial charge in [-0.2, -0.15) is 0 Å². The fourth-order valence-electron chi connectivity index (χ4n) is 4.61. The van der Waals surface area contributed by atoms with Crippen molar-refractivity contribution in [1.82, 2.24) is 19.8 Å². The first-order chi connectivity index (χ1) is 16.2. The highest BCUT2D eigenvalue weighted by Crippen LogP contribution is 2.36. The van der Waals surface area contributed by atoms with Crippen LogP contribution in [0.25, 0.3) is 11.0 Å². The summed E-state index contributed by atoms with van der Waals surface area (Å²) in [6, 6.07) is 17.3. The van der Waals surface area contributed by atoms with E-state index in [0.29, 0.717) is 19.0 Å². The molecular weight excluding hydrogens is 418 g/mol. The molecule has 1 saturated heterocycles. The summed E-state index contributed by atoms with van der Waals surface area (Å²) in [4.78, 5) is 35.0. The van der Waals surface area contributed by atoms with Gasteiger partial charge in [0.25, 0.3) is 5.91 Å². The van der Waals surface area contributed by atoms with Gasteiger partial charge in [-0.3, -0.25) is 24.0 Å². The topological polar surface area (TPSA) is 79.7 Å². The van der Waals surface area contributed by atoms with Crippen LogP contribution in [-0.2, 0) is 20.7 Å². The third kappa shape index (κ3) is 4.62. The van der Waals surface area contributed by atoms with E-state index in [-0.39, 0.29) is 18.2 Å². The molecule has 0 unspecified atom stereocenters. The minimum Gasteiger partial charge on any atom is -0.379 e. The molecule has 1 N–H and O–H groups in total. The number of amides is 2. The molecule has 172 valence electrons. The fraction of sp³-hybridized carbons (Fsp3) is 0.400. The van der Waals surface area contributed by atoms with Crippen LogP contribution in [0.3, 0.4) is 0 Å². The molecule has 2 aliphatic heterocycles. The van der Waals surface area contributed by atoms with E-state index in [0.717, 1.165) is 50.3 Å². The minimum atomic E-state index is -0.575. The number of anilines is 1. The second-order valence-corrected chi connectivity index (χ2v) is 8.52. The van der Waals surface area contributed by atoms with Crippen LogP contribution in [0.5, 0.6) is 0 Å². The van der Waals surface area contributed by atoms with Gasteiger partial charge >= 0.3 is 0 Å². The van der Waals surface area contributed by atoms with E-state index in [1.165, 1.54) is 5.56 Å². The van der Waals surface area contributed by atoms with Crippen LogP contribution in [0.2, 0.25) is 0 Å². The SMILES string of the molecule is O=C(C[C@@H]1C(=O)N(CCN2CCOCC2)c2nc3ccccc3n21)NCCc1ccccc1. The summed E-state index contributed by atoms with van der Waals surface area (Å²) in [5, 5.41) is 2.98. The van der Waals surface area contributed by atoms with E-state index in [9.17, 15) is 9.59 Å². The largest absolute Gasteiger partial charge is 0.379 e. The average molecular weight is 448 g/mol. The normalized spacial score (nSPS) is 18.6. The number of carbonyl (C=O) groups is 2. The number of hydrogen-bond donors (Lipinski definition) is 1. The number of imidazole rings is 1. The summed E-state index contributed by atoms with van der Waals surface area (Å²) >= 11 is 0. The van der Waals surface area contributed by atoms with Crippen molar-refractivity contribution in [1.29, 1.82) is 0 Å². The summed E-state index contributed by atoms with van der Waals surface area (Å²) in [5.74, 6) is 0.453. The maximum atomic E-state index is 13.4. The molecule has 3 aromatic rings. The molecule has 0 bridgehead atoms. The Hall–Kier alpha value is -3.23. The number of benzene rings is 2. The summed E-state index contributed by atoms with van der Waals surface area (Å²) in [5.41, 5.74) is 2.90. The predicted octanol–water partition coefficient (Wildman–Crippen LogP) is 2.01. The highest BCUT2D eigenvalue weighted by molar-refractivity contribution is 6.03. The van der Waals surface area contributed by atoms with Crippen molar-refractivity contribution >= 4 is 28.8 Å². The van der Waals surface area contributed by atoms with Crippen LogP contribution in [0, 0.1) is 0 Å². The van der Waals surface area contributed by atoms with Crippen LogP contribution in [0.1, 0.15) is 18.0 Å². The summed E-state index contributed by atoms with van der Waals surface area (Å²) in [6.45, 7) is 5.03. The highest BCUT2D eigenvalue weighted by Gasteiger charge is 2.40. The Morgan fingerprint density at radius 1 is 1.03 bits per heavy atom. The van der Waals surface area contributed by atoms with Crippen molar-refractivity contribution in [2.45, 2.75) is 18.9 Å². The smallest absolute Gasteiger partial charge is 0.253 e. The quantitative estimate of drug-likeness (QED) is 0.572. The third-order valence-electron chi connectivity index (χ3n) is 6.38. The molecule has 8 nitrogen and oxygen atoms in total. The Morgan fingerprint density at radius 2 is 1.79 bits per heavy atom. The number of morpholine rings is 1. The van der Waals surface area contributed by atoms with Crippen LogP contribution < -0.4 is 10.2 Å². The van der Waals surface area contributed by atoms with Crippen molar-refractivity contribution in [3.05, 3.63) is 60.2 Å². The second-order valence-electron chi connectivity index (χ2n) is 8.52. The number of rotatable bonds is 8. The fourth-order valence-corrected chi connectivity index (χ4v) is 4.61. The van der Waals surface area contributed by atoms with Gasteiger partial charge in [0.1, 0.15) is 6.04 Å². The molecule has 0 aliphatic carbocycles. The Morgan fingerprint density at radius 3 is 2.61 bits per heavy atom. The van der Waals surface area contributed by atoms with E-state index < -0.39 is 6.04 Å². The molecule has 1 aromatic heterocycles. The lowest BCUT2D eigenvalue weighted by atomic mass is 10.1. The molecule has 1 atom stereocenters. The van der Waals surface area contributed by atoms with Crippen molar-refractivity contribution in [2.24, 2.45) is 0 Å². The van der Waals surface area contributed by atoms with E-state index in [2.05, 4.69) is 10.2 Å². The van der Waals surface area contributed by atoms with Crippen LogP contribution in [0.15, 0.2) is 54.6 Å². The van der Waals surface area contributed by atoms with Gasteiger partial charge < -0.3 is 10.1 Å². The van der Waals surface area contributed by atoms with Crippen LogP contribution in [-0.4, -0.2) is 72.2 Å². The van der Waals surface area contributed by atoms with Gasteiger partial charge in [-0.05, 0) is 24.1 Å². The standard InChI is InChI=1S/C25H29N5O3/c31-23(26-11-10-19-6-2-1-3-7-19)18-22-24(32)29(13-12-28-14-16-33-17-15-28)25-27-20-8-4-5-9-21(20)30(22)25/h1-9,22H,10-18H2,(H,26,31)/t22-/m1/s1. The van der Waals surface area contributed by atoms with Crippen molar-refractivity contribution in [2.75, 3.05) is 50.8 Å². The Kier molecular flexibility index (Phi) is 6.37. The lowest BCUT2D eigenvalue weighted by Gasteiger charge is -2.28. The molecule has 0 spiro atoms. The zero-order valence-electron chi connectivity index (χ0n) is 18.7. The number of para-hydroxylation sites is 2. The number of aromatic nitrogens is 2. The number of ether oxygens (including phenoxy) is 1. The van der Waals surface area contributed by atoms with Crippen LogP contribution in [0.4, 0.5) is 5.95 Å². The Labute approximate surface area is 193 Å². The molecule has 33 heavy (non-hydrogen) atoms. The summed E-state index contributed by atoms with van der Waals surface area (Å²) in [6.07, 6.45) is 0.866. The predicted molar refractivity (Wildman–Crippen MR) is 126 cm³/mol. The molecular formula is C25H29N5O3. The molecule has 2 amide bonds. The van der Waals surface area contributed by atoms with Crippen molar-refractivity contribution in [3.8, 4) is 0 Å². The first kappa shape index (κ1) is 21.6. The van der Waals surface area contributed by atoms with E-state index in [1.807, 2.05) is 59.2 Å². The monoisotopic (exact) mass is 447 g/mol.